The van der Waals surface area contributed by atoms with E-state index in [9.17, 15) is 4.79 Å². The van der Waals surface area contributed by atoms with E-state index in [4.69, 9.17) is 4.74 Å². The van der Waals surface area contributed by atoms with Gasteiger partial charge < -0.3 is 4.74 Å². The van der Waals surface area contributed by atoms with Crippen LogP contribution in [0.1, 0.15) is 23.2 Å². The highest BCUT2D eigenvalue weighted by atomic mass is 32.1. The van der Waals surface area contributed by atoms with E-state index < -0.39 is 5.97 Å². The highest BCUT2D eigenvalue weighted by Crippen LogP contribution is 2.13. The number of rotatable bonds is 6. The highest BCUT2D eigenvalue weighted by Gasteiger charge is 2.07. The van der Waals surface area contributed by atoms with Crippen LogP contribution in [0.3, 0.4) is 0 Å². The van der Waals surface area contributed by atoms with Crippen molar-refractivity contribution in [1.29, 1.82) is 0 Å². The van der Waals surface area contributed by atoms with Gasteiger partial charge in [0, 0.05) is 23.4 Å². The minimum Gasteiger partial charge on any atom is -0.456 e. The van der Waals surface area contributed by atoms with Crippen LogP contribution < -0.4 is 0 Å². The Hall–Kier alpha value is -2.02. The summed E-state index contributed by atoms with van der Waals surface area (Å²) < 4.78 is 6.75. The number of hydrogen-bond donors (Lipinski definition) is 0. The lowest BCUT2D eigenvalue weighted by Gasteiger charge is -2.00. The molecule has 7 heteroatoms. The first-order valence-electron chi connectivity index (χ1n) is 6.17. The summed E-state index contributed by atoms with van der Waals surface area (Å²) in [5, 5.41) is 7.97. The molecule has 0 aliphatic heterocycles. The number of hydrogen-bond acceptors (Lipinski definition) is 6. The molecule has 0 spiro atoms. The second-order valence-corrected chi connectivity index (χ2v) is 5.38. The number of aryl methyl sites for hydroxylation is 3. The number of ether oxygens (including phenoxy) is 1. The molecule has 0 saturated heterocycles. The molecule has 20 heavy (non-hydrogen) atoms. The Kier molecular flexibility index (Phi) is 4.62. The van der Waals surface area contributed by atoms with Gasteiger partial charge in [0.1, 0.15) is 12.3 Å². The molecule has 0 aliphatic carbocycles. The first kappa shape index (κ1) is 14.4. The van der Waals surface area contributed by atoms with Gasteiger partial charge in [0.15, 0.2) is 0 Å². The van der Waals surface area contributed by atoms with Gasteiger partial charge in [-0.15, -0.1) is 16.4 Å². The van der Waals surface area contributed by atoms with Crippen molar-refractivity contribution in [2.75, 3.05) is 0 Å². The van der Waals surface area contributed by atoms with E-state index in [0.717, 1.165) is 18.7 Å². The monoisotopic (exact) mass is 292 g/mol. The van der Waals surface area contributed by atoms with Crippen molar-refractivity contribution in [3.63, 3.8) is 0 Å². The van der Waals surface area contributed by atoms with Gasteiger partial charge in [-0.3, -0.25) is 4.68 Å². The van der Waals surface area contributed by atoms with Gasteiger partial charge in [-0.2, -0.15) is 0 Å². The summed E-state index contributed by atoms with van der Waals surface area (Å²) in [7, 11) is 0. The summed E-state index contributed by atoms with van der Waals surface area (Å²) >= 11 is 1.64. The van der Waals surface area contributed by atoms with Crippen LogP contribution in [-0.4, -0.2) is 25.9 Å². The van der Waals surface area contributed by atoms with Crippen LogP contribution in [0.15, 0.2) is 23.9 Å². The molecule has 2 aromatic heterocycles. The number of nitrogens with zero attached hydrogens (tertiary/aromatic N) is 4. The van der Waals surface area contributed by atoms with Gasteiger partial charge in [-0.05, 0) is 13.8 Å². The minimum atomic E-state index is -0.417. The van der Waals surface area contributed by atoms with E-state index >= 15 is 0 Å². The fourth-order valence-electron chi connectivity index (χ4n) is 1.56. The molecule has 2 rings (SSSR count). The van der Waals surface area contributed by atoms with Crippen LogP contribution >= 0.6 is 11.3 Å². The Morgan fingerprint density at radius 3 is 3.00 bits per heavy atom. The van der Waals surface area contributed by atoms with Crippen molar-refractivity contribution in [2.24, 2.45) is 0 Å². The molecule has 0 aromatic carbocycles. The normalized spacial score (nSPS) is 10.5. The number of aromatic nitrogens is 4. The molecule has 2 heterocycles. The number of esters is 1. The lowest BCUT2D eigenvalue weighted by atomic mass is 10.3. The van der Waals surface area contributed by atoms with Crippen LogP contribution in [0.25, 0.3) is 0 Å². The predicted molar refractivity (Wildman–Crippen MR) is 75.2 cm³/mol. The quantitative estimate of drug-likeness (QED) is 0.601. The summed E-state index contributed by atoms with van der Waals surface area (Å²) in [6, 6.07) is 0. The Labute approximate surface area is 121 Å². The fraction of sp³-hybridized carbons (Fsp3) is 0.385. The molecule has 0 radical (unpaired) electrons. The summed E-state index contributed by atoms with van der Waals surface area (Å²) in [6.45, 7) is 7.96. The maximum atomic E-state index is 11.3. The molecule has 0 amide bonds. The van der Waals surface area contributed by atoms with Crippen molar-refractivity contribution in [2.45, 2.75) is 33.4 Å². The van der Waals surface area contributed by atoms with Gasteiger partial charge in [-0.1, -0.05) is 11.8 Å². The smallest absolute Gasteiger partial charge is 0.333 e. The van der Waals surface area contributed by atoms with Gasteiger partial charge in [0.25, 0.3) is 0 Å². The van der Waals surface area contributed by atoms with Crippen molar-refractivity contribution < 1.29 is 9.53 Å². The zero-order valence-electron chi connectivity index (χ0n) is 11.5. The van der Waals surface area contributed by atoms with Crippen molar-refractivity contribution in [3.05, 3.63) is 40.1 Å². The van der Waals surface area contributed by atoms with Crippen LogP contribution in [0.5, 0.6) is 0 Å². The van der Waals surface area contributed by atoms with Gasteiger partial charge >= 0.3 is 5.97 Å². The Balaban J connectivity index is 1.84. The maximum absolute atomic E-state index is 11.3. The standard InChI is InChI=1S/C13H16N4O2S/c1-9(2)13(18)19-7-11-6-17(16-15-11)5-4-12-10(3)14-8-20-12/h6,8H,1,4-5,7H2,2-3H3. The molecule has 0 N–H and O–H groups in total. The second-order valence-electron chi connectivity index (χ2n) is 4.44. The topological polar surface area (TPSA) is 69.9 Å². The van der Waals surface area contributed by atoms with Crippen molar-refractivity contribution in [3.8, 4) is 0 Å². The average Bonchev–Trinajstić information content (AvgIpc) is 3.02. The summed E-state index contributed by atoms with van der Waals surface area (Å²) in [4.78, 5) is 16.7. The average molecular weight is 292 g/mol. The zero-order chi connectivity index (χ0) is 14.5. The lowest BCUT2D eigenvalue weighted by Crippen LogP contribution is -2.05. The molecule has 0 bridgehead atoms. The number of carbonyl (C=O) groups excluding carboxylic acids is 1. The highest BCUT2D eigenvalue weighted by molar-refractivity contribution is 7.09. The third-order valence-corrected chi connectivity index (χ3v) is 3.69. The molecule has 106 valence electrons. The molecule has 0 unspecified atom stereocenters. The van der Waals surface area contributed by atoms with Gasteiger partial charge in [0.05, 0.1) is 17.4 Å². The predicted octanol–water partition coefficient (Wildman–Crippen LogP) is 1.91. The van der Waals surface area contributed by atoms with Crippen LogP contribution in [0, 0.1) is 6.92 Å². The third-order valence-electron chi connectivity index (χ3n) is 2.70. The molecule has 2 aromatic rings. The van der Waals surface area contributed by atoms with Crippen LogP contribution in [0.2, 0.25) is 0 Å². The van der Waals surface area contributed by atoms with E-state index in [-0.39, 0.29) is 6.61 Å². The Bertz CT molecular complexity index is 617. The molecule has 0 atom stereocenters. The molecule has 0 aliphatic rings. The maximum Gasteiger partial charge on any atom is 0.333 e. The van der Waals surface area contributed by atoms with E-state index in [1.165, 1.54) is 4.88 Å². The summed E-state index contributed by atoms with van der Waals surface area (Å²) in [5.41, 5.74) is 3.90. The molecular formula is C13H16N4O2S. The molecular weight excluding hydrogens is 276 g/mol. The fourth-order valence-corrected chi connectivity index (χ4v) is 2.33. The van der Waals surface area contributed by atoms with E-state index in [1.807, 2.05) is 12.4 Å². The SMILES string of the molecule is C=C(C)C(=O)OCc1cn(CCc2scnc2C)nn1. The van der Waals surface area contributed by atoms with Crippen molar-refractivity contribution >= 4 is 17.3 Å². The number of thiazole rings is 1. The number of carbonyl (C=O) groups is 1. The van der Waals surface area contributed by atoms with Crippen molar-refractivity contribution in [1.82, 2.24) is 20.0 Å². The molecule has 0 fully saturated rings. The summed E-state index contributed by atoms with van der Waals surface area (Å²) in [6.07, 6.45) is 2.65. The van der Waals surface area contributed by atoms with Gasteiger partial charge in [0.2, 0.25) is 0 Å². The minimum absolute atomic E-state index is 0.116. The Morgan fingerprint density at radius 1 is 1.55 bits per heavy atom. The summed E-state index contributed by atoms with van der Waals surface area (Å²) in [5.74, 6) is -0.417. The lowest BCUT2D eigenvalue weighted by molar-refractivity contribution is -0.140. The second kappa shape index (κ2) is 6.42. The largest absolute Gasteiger partial charge is 0.456 e. The van der Waals surface area contributed by atoms with Gasteiger partial charge in [-0.25, -0.2) is 9.78 Å². The first-order chi connectivity index (χ1) is 9.56. The molecule has 6 nitrogen and oxygen atoms in total. The van der Waals surface area contributed by atoms with E-state index in [2.05, 4.69) is 21.9 Å². The molecule has 0 saturated carbocycles. The van der Waals surface area contributed by atoms with E-state index in [0.29, 0.717) is 11.3 Å². The first-order valence-corrected chi connectivity index (χ1v) is 7.05. The van der Waals surface area contributed by atoms with E-state index in [1.54, 1.807) is 29.1 Å². The van der Waals surface area contributed by atoms with Crippen LogP contribution in [-0.2, 0) is 29.1 Å². The zero-order valence-corrected chi connectivity index (χ0v) is 12.3. The Morgan fingerprint density at radius 2 is 2.35 bits per heavy atom. The third kappa shape index (κ3) is 3.74. The van der Waals surface area contributed by atoms with Crippen LogP contribution in [0.4, 0.5) is 0 Å².